The molecule has 0 bridgehead atoms. The van der Waals surface area contributed by atoms with Gasteiger partial charge in [0.25, 0.3) is 11.1 Å². The van der Waals surface area contributed by atoms with Gasteiger partial charge in [-0.3, -0.25) is 19.3 Å². The van der Waals surface area contributed by atoms with Crippen molar-refractivity contribution in [3.63, 3.8) is 0 Å². The van der Waals surface area contributed by atoms with Crippen LogP contribution in [0.2, 0.25) is 15.1 Å². The number of nitrogens with one attached hydrogen (secondary N) is 1. The quantitative estimate of drug-likeness (QED) is 0.179. The molecule has 4 rings (SSSR count). The van der Waals surface area contributed by atoms with Gasteiger partial charge in [-0.15, -0.1) is 0 Å². The molecule has 3 aromatic rings. The van der Waals surface area contributed by atoms with Crippen LogP contribution in [-0.2, 0) is 16.2 Å². The third-order valence-electron chi connectivity index (χ3n) is 5.32. The first-order valence-electron chi connectivity index (χ1n) is 11.5. The standard InChI is InChI=1S/C27H20Cl3IN2O5S/c1-2-37-22-10-15(9-21(31)25(22)38-14-16-3-4-18(29)12-20(16)30)11-23-26(35)33(27(36)39-23)13-24(34)32-19-7-5-17(28)6-8-19/h3-12H,2,13-14H2,1H3,(H,32,34)/b23-11+. The van der Waals surface area contributed by atoms with E-state index in [2.05, 4.69) is 27.9 Å². The second kappa shape index (κ2) is 13.3. The van der Waals surface area contributed by atoms with Gasteiger partial charge in [0, 0.05) is 26.3 Å². The number of rotatable bonds is 9. The first-order valence-corrected chi connectivity index (χ1v) is 14.5. The van der Waals surface area contributed by atoms with Gasteiger partial charge in [0.05, 0.1) is 15.1 Å². The first-order chi connectivity index (χ1) is 18.6. The molecule has 0 unspecified atom stereocenters. The molecule has 12 heteroatoms. The van der Waals surface area contributed by atoms with E-state index in [9.17, 15) is 14.4 Å². The largest absolute Gasteiger partial charge is 0.490 e. The van der Waals surface area contributed by atoms with Crippen molar-refractivity contribution in [2.24, 2.45) is 0 Å². The Bertz CT molecular complexity index is 1470. The molecule has 0 atom stereocenters. The Hall–Kier alpha value is -2.44. The molecule has 0 radical (unpaired) electrons. The van der Waals surface area contributed by atoms with Crippen molar-refractivity contribution in [3.8, 4) is 11.5 Å². The number of amides is 3. The van der Waals surface area contributed by atoms with Crippen LogP contribution in [0.25, 0.3) is 6.08 Å². The van der Waals surface area contributed by atoms with Gasteiger partial charge in [0.15, 0.2) is 11.5 Å². The number of hydrogen-bond acceptors (Lipinski definition) is 6. The number of anilines is 1. The number of nitrogens with zero attached hydrogens (tertiary/aromatic N) is 1. The topological polar surface area (TPSA) is 84.9 Å². The summed E-state index contributed by atoms with van der Waals surface area (Å²) in [7, 11) is 0. The molecule has 0 saturated carbocycles. The molecule has 1 aliphatic rings. The summed E-state index contributed by atoms with van der Waals surface area (Å²) in [5, 5.41) is 3.66. The number of thioether (sulfide) groups is 1. The lowest BCUT2D eigenvalue weighted by molar-refractivity contribution is -0.127. The third-order valence-corrected chi connectivity index (χ3v) is 7.87. The van der Waals surface area contributed by atoms with Crippen LogP contribution >= 0.6 is 69.2 Å². The van der Waals surface area contributed by atoms with E-state index in [4.69, 9.17) is 44.3 Å². The van der Waals surface area contributed by atoms with E-state index in [0.717, 1.165) is 25.8 Å². The van der Waals surface area contributed by atoms with Gasteiger partial charge in [-0.1, -0.05) is 40.9 Å². The molecular weight excluding hydrogens is 698 g/mol. The van der Waals surface area contributed by atoms with Crippen LogP contribution < -0.4 is 14.8 Å². The molecule has 3 aromatic carbocycles. The molecule has 39 heavy (non-hydrogen) atoms. The number of imide groups is 1. The van der Waals surface area contributed by atoms with Crippen molar-refractivity contribution in [2.75, 3.05) is 18.5 Å². The Morgan fingerprint density at radius 2 is 1.74 bits per heavy atom. The maximum Gasteiger partial charge on any atom is 0.294 e. The molecule has 1 fully saturated rings. The van der Waals surface area contributed by atoms with Crippen molar-refractivity contribution in [1.82, 2.24) is 4.90 Å². The Kier molecular flexibility index (Phi) is 10.1. The summed E-state index contributed by atoms with van der Waals surface area (Å²) in [6.07, 6.45) is 1.59. The van der Waals surface area contributed by atoms with Gasteiger partial charge in [-0.25, -0.2) is 0 Å². The molecule has 0 aliphatic carbocycles. The molecule has 1 heterocycles. The summed E-state index contributed by atoms with van der Waals surface area (Å²) in [5.74, 6) is -0.0619. The highest BCUT2D eigenvalue weighted by atomic mass is 127. The number of halogens is 4. The number of carbonyl (C=O) groups excluding carboxylic acids is 3. The zero-order valence-corrected chi connectivity index (χ0v) is 25.5. The van der Waals surface area contributed by atoms with Crippen LogP contribution in [0, 0.1) is 3.57 Å². The van der Waals surface area contributed by atoms with Gasteiger partial charge in [0.1, 0.15) is 13.2 Å². The molecule has 1 N–H and O–H groups in total. The number of hydrogen-bond donors (Lipinski definition) is 1. The number of ether oxygens (including phenoxy) is 2. The van der Waals surface area contributed by atoms with Crippen LogP contribution in [0.1, 0.15) is 18.1 Å². The summed E-state index contributed by atoms with van der Waals surface area (Å²) < 4.78 is 12.6. The third kappa shape index (κ3) is 7.61. The lowest BCUT2D eigenvalue weighted by Gasteiger charge is -2.15. The highest BCUT2D eigenvalue weighted by Crippen LogP contribution is 2.38. The minimum atomic E-state index is -0.554. The molecule has 1 aliphatic heterocycles. The first kappa shape index (κ1) is 29.5. The van der Waals surface area contributed by atoms with Gasteiger partial charge >= 0.3 is 0 Å². The summed E-state index contributed by atoms with van der Waals surface area (Å²) >= 11 is 21.0. The van der Waals surface area contributed by atoms with E-state index in [1.165, 1.54) is 0 Å². The van der Waals surface area contributed by atoms with Gasteiger partial charge < -0.3 is 14.8 Å². The van der Waals surface area contributed by atoms with Crippen LogP contribution in [0.5, 0.6) is 11.5 Å². The van der Waals surface area contributed by atoms with Crippen molar-refractivity contribution >= 4 is 98.0 Å². The normalized spacial score (nSPS) is 14.2. The maximum absolute atomic E-state index is 13.0. The maximum atomic E-state index is 13.0. The monoisotopic (exact) mass is 716 g/mol. The lowest BCUT2D eigenvalue weighted by Crippen LogP contribution is -2.36. The van der Waals surface area contributed by atoms with Crippen LogP contribution in [0.3, 0.4) is 0 Å². The zero-order chi connectivity index (χ0) is 28.1. The van der Waals surface area contributed by atoms with Crippen molar-refractivity contribution in [1.29, 1.82) is 0 Å². The summed E-state index contributed by atoms with van der Waals surface area (Å²) in [5.41, 5.74) is 1.90. The van der Waals surface area contributed by atoms with E-state index < -0.39 is 23.6 Å². The van der Waals surface area contributed by atoms with Crippen LogP contribution in [0.4, 0.5) is 10.5 Å². The molecule has 7 nitrogen and oxygen atoms in total. The van der Waals surface area contributed by atoms with E-state index in [1.807, 2.05) is 13.0 Å². The average molecular weight is 718 g/mol. The highest BCUT2D eigenvalue weighted by molar-refractivity contribution is 14.1. The van der Waals surface area contributed by atoms with E-state index in [0.29, 0.717) is 44.4 Å². The zero-order valence-electron chi connectivity index (χ0n) is 20.3. The number of benzene rings is 3. The molecule has 1 saturated heterocycles. The van der Waals surface area contributed by atoms with Gasteiger partial charge in [0.2, 0.25) is 5.91 Å². The van der Waals surface area contributed by atoms with E-state index >= 15 is 0 Å². The minimum Gasteiger partial charge on any atom is -0.490 e. The molecular formula is C27H20Cl3IN2O5S. The Labute approximate surface area is 257 Å². The predicted molar refractivity (Wildman–Crippen MR) is 164 cm³/mol. The highest BCUT2D eigenvalue weighted by Gasteiger charge is 2.36. The Morgan fingerprint density at radius 1 is 1.03 bits per heavy atom. The SMILES string of the molecule is CCOc1cc(/C=C2/SC(=O)N(CC(=O)Nc3ccc(Cl)cc3)C2=O)cc(I)c1OCc1ccc(Cl)cc1Cl. The fourth-order valence-corrected chi connectivity index (χ4v) is 5.74. The van der Waals surface area contributed by atoms with E-state index in [1.54, 1.807) is 54.6 Å². The van der Waals surface area contributed by atoms with Crippen molar-refractivity contribution < 1.29 is 23.9 Å². The van der Waals surface area contributed by atoms with E-state index in [-0.39, 0.29) is 11.5 Å². The summed E-state index contributed by atoms with van der Waals surface area (Å²) in [4.78, 5) is 39.1. The van der Waals surface area contributed by atoms with Gasteiger partial charge in [-0.05, 0) is 101 Å². The summed E-state index contributed by atoms with van der Waals surface area (Å²) in [6, 6.07) is 15.2. The Morgan fingerprint density at radius 3 is 2.44 bits per heavy atom. The second-order valence-electron chi connectivity index (χ2n) is 8.11. The van der Waals surface area contributed by atoms with Crippen LogP contribution in [0.15, 0.2) is 59.5 Å². The number of carbonyl (C=O) groups is 3. The Balaban J connectivity index is 1.49. The predicted octanol–water partition coefficient (Wildman–Crippen LogP) is 7.90. The second-order valence-corrected chi connectivity index (χ2v) is 11.5. The van der Waals surface area contributed by atoms with Crippen molar-refractivity contribution in [3.05, 3.63) is 89.3 Å². The minimum absolute atomic E-state index is 0.194. The summed E-state index contributed by atoms with van der Waals surface area (Å²) in [6.45, 7) is 2.02. The van der Waals surface area contributed by atoms with Gasteiger partial charge in [-0.2, -0.15) is 0 Å². The van der Waals surface area contributed by atoms with Crippen molar-refractivity contribution in [2.45, 2.75) is 13.5 Å². The smallest absolute Gasteiger partial charge is 0.294 e. The fraction of sp³-hybridized carbons (Fsp3) is 0.148. The molecule has 202 valence electrons. The average Bonchev–Trinajstić information content (AvgIpc) is 3.13. The lowest BCUT2D eigenvalue weighted by atomic mass is 10.1. The molecule has 3 amide bonds. The van der Waals surface area contributed by atoms with Crippen LogP contribution in [-0.4, -0.2) is 35.1 Å². The molecule has 0 spiro atoms. The fourth-order valence-electron chi connectivity index (χ4n) is 3.53. The molecule has 0 aromatic heterocycles.